The molecule has 0 saturated heterocycles. The Hall–Kier alpha value is -2.19. The van der Waals surface area contributed by atoms with Gasteiger partial charge >= 0.3 is 0 Å². The van der Waals surface area contributed by atoms with Crippen molar-refractivity contribution in [3.63, 3.8) is 0 Å². The first-order chi connectivity index (χ1) is 10.2. The van der Waals surface area contributed by atoms with Crippen LogP contribution < -0.4 is 11.5 Å². The number of nitrogens with two attached hydrogens (primary N) is 2. The molecule has 0 unspecified atom stereocenters. The monoisotopic (exact) mass is 301 g/mol. The zero-order chi connectivity index (χ0) is 14.8. The van der Waals surface area contributed by atoms with E-state index in [2.05, 4.69) is 20.2 Å². The average molecular weight is 301 g/mol. The van der Waals surface area contributed by atoms with Crippen molar-refractivity contribution in [2.24, 2.45) is 12.8 Å². The van der Waals surface area contributed by atoms with Crippen LogP contribution in [0.3, 0.4) is 0 Å². The lowest BCUT2D eigenvalue weighted by molar-refractivity contribution is 0.734. The summed E-state index contributed by atoms with van der Waals surface area (Å²) in [6.45, 7) is 0.365. The highest BCUT2D eigenvalue weighted by atomic mass is 32.2. The largest absolute Gasteiger partial charge is 0.383 e. The van der Waals surface area contributed by atoms with E-state index in [1.165, 1.54) is 11.8 Å². The van der Waals surface area contributed by atoms with Crippen molar-refractivity contribution >= 4 is 28.5 Å². The molecule has 7 nitrogen and oxygen atoms in total. The van der Waals surface area contributed by atoms with Crippen molar-refractivity contribution in [1.29, 1.82) is 0 Å². The van der Waals surface area contributed by atoms with E-state index in [0.29, 0.717) is 23.9 Å². The Morgan fingerprint density at radius 3 is 2.76 bits per heavy atom. The van der Waals surface area contributed by atoms with Crippen molar-refractivity contribution in [3.8, 4) is 0 Å². The fraction of sp³-hybridized carbons (Fsp3) is 0.231. The lowest BCUT2D eigenvalue weighted by Crippen LogP contribution is -2.05. The first-order valence-corrected chi connectivity index (χ1v) is 7.40. The van der Waals surface area contributed by atoms with Crippen LogP contribution in [0.25, 0.3) is 10.9 Å². The number of nitrogen functional groups attached to an aromatic ring is 1. The number of thioether (sulfide) groups is 1. The van der Waals surface area contributed by atoms with E-state index in [1.54, 1.807) is 0 Å². The molecule has 0 aliphatic carbocycles. The van der Waals surface area contributed by atoms with Crippen LogP contribution in [-0.4, -0.2) is 24.7 Å². The third-order valence-electron chi connectivity index (χ3n) is 3.12. The summed E-state index contributed by atoms with van der Waals surface area (Å²) in [7, 11) is 1.89. The predicted octanol–water partition coefficient (Wildman–Crippen LogP) is 1.09. The van der Waals surface area contributed by atoms with Crippen LogP contribution >= 0.6 is 11.8 Å². The normalized spacial score (nSPS) is 11.1. The number of nitrogens with zero attached hydrogens (tertiary/aromatic N) is 5. The molecule has 2 heterocycles. The Morgan fingerprint density at radius 1 is 1.19 bits per heavy atom. The summed E-state index contributed by atoms with van der Waals surface area (Å²) in [6, 6.07) is 7.69. The van der Waals surface area contributed by atoms with Gasteiger partial charge in [0.15, 0.2) is 5.16 Å². The molecule has 0 aliphatic heterocycles. The van der Waals surface area contributed by atoms with E-state index in [1.807, 2.05) is 35.9 Å². The molecule has 0 fully saturated rings. The van der Waals surface area contributed by atoms with Crippen LogP contribution in [0.15, 0.2) is 29.4 Å². The quantitative estimate of drug-likeness (QED) is 0.694. The van der Waals surface area contributed by atoms with Crippen LogP contribution in [0.4, 0.5) is 5.82 Å². The Morgan fingerprint density at radius 2 is 2.00 bits per heavy atom. The second-order valence-corrected chi connectivity index (χ2v) is 5.44. The minimum Gasteiger partial charge on any atom is -0.383 e. The van der Waals surface area contributed by atoms with Gasteiger partial charge in [-0.25, -0.2) is 9.97 Å². The summed E-state index contributed by atoms with van der Waals surface area (Å²) in [4.78, 5) is 8.85. The number of fused-ring (bicyclic) bond motifs is 1. The maximum absolute atomic E-state index is 5.97. The summed E-state index contributed by atoms with van der Waals surface area (Å²) in [5.41, 5.74) is 12.4. The Labute approximate surface area is 125 Å². The first kappa shape index (κ1) is 13.8. The molecule has 0 atom stereocenters. The molecule has 0 aliphatic rings. The Kier molecular flexibility index (Phi) is 3.72. The predicted molar refractivity (Wildman–Crippen MR) is 82.4 cm³/mol. The van der Waals surface area contributed by atoms with Crippen molar-refractivity contribution in [3.05, 3.63) is 35.9 Å². The SMILES string of the molecule is Cn1c(CN)nnc1SCc1nc(N)c2ccccc2n1. The topological polar surface area (TPSA) is 109 Å². The lowest BCUT2D eigenvalue weighted by Gasteiger charge is -2.05. The molecule has 3 aromatic rings. The highest BCUT2D eigenvalue weighted by molar-refractivity contribution is 7.98. The number of aromatic nitrogens is 5. The maximum Gasteiger partial charge on any atom is 0.191 e. The fourth-order valence-corrected chi connectivity index (χ4v) is 2.78. The van der Waals surface area contributed by atoms with Crippen molar-refractivity contribution in [2.45, 2.75) is 17.5 Å². The zero-order valence-corrected chi connectivity index (χ0v) is 12.3. The first-order valence-electron chi connectivity index (χ1n) is 6.41. The van der Waals surface area contributed by atoms with Gasteiger partial charge in [-0.05, 0) is 12.1 Å². The molecule has 1 aromatic carbocycles. The summed E-state index contributed by atoms with van der Waals surface area (Å²) in [5, 5.41) is 9.76. The summed E-state index contributed by atoms with van der Waals surface area (Å²) in [5.74, 6) is 2.49. The fourth-order valence-electron chi connectivity index (χ4n) is 1.99. The number of benzene rings is 1. The van der Waals surface area contributed by atoms with E-state index in [4.69, 9.17) is 11.5 Å². The van der Waals surface area contributed by atoms with Crippen molar-refractivity contribution < 1.29 is 0 Å². The van der Waals surface area contributed by atoms with E-state index < -0.39 is 0 Å². The van der Waals surface area contributed by atoms with Gasteiger partial charge in [-0.15, -0.1) is 10.2 Å². The smallest absolute Gasteiger partial charge is 0.191 e. The van der Waals surface area contributed by atoms with E-state index >= 15 is 0 Å². The molecular formula is C13H15N7S. The molecule has 3 rings (SSSR count). The molecule has 4 N–H and O–H groups in total. The van der Waals surface area contributed by atoms with Gasteiger partial charge in [-0.1, -0.05) is 23.9 Å². The molecule has 21 heavy (non-hydrogen) atoms. The van der Waals surface area contributed by atoms with Gasteiger partial charge in [0.1, 0.15) is 17.5 Å². The van der Waals surface area contributed by atoms with Crippen LogP contribution in [0, 0.1) is 0 Å². The number of anilines is 1. The molecule has 0 amide bonds. The van der Waals surface area contributed by atoms with E-state index in [0.717, 1.165) is 21.9 Å². The molecule has 0 saturated carbocycles. The minimum absolute atomic E-state index is 0.365. The van der Waals surface area contributed by atoms with E-state index in [9.17, 15) is 0 Å². The third kappa shape index (κ3) is 2.67. The lowest BCUT2D eigenvalue weighted by atomic mass is 10.2. The van der Waals surface area contributed by atoms with Crippen molar-refractivity contribution in [1.82, 2.24) is 24.7 Å². The van der Waals surface area contributed by atoms with Gasteiger partial charge in [-0.2, -0.15) is 0 Å². The van der Waals surface area contributed by atoms with Crippen LogP contribution in [0.5, 0.6) is 0 Å². The Balaban J connectivity index is 1.83. The summed E-state index contributed by atoms with van der Waals surface area (Å²) in [6.07, 6.45) is 0. The summed E-state index contributed by atoms with van der Waals surface area (Å²) >= 11 is 1.51. The van der Waals surface area contributed by atoms with Crippen LogP contribution in [-0.2, 0) is 19.3 Å². The van der Waals surface area contributed by atoms with Crippen LogP contribution in [0.1, 0.15) is 11.6 Å². The van der Waals surface area contributed by atoms with Gasteiger partial charge in [0, 0.05) is 12.4 Å². The van der Waals surface area contributed by atoms with Gasteiger partial charge in [0.25, 0.3) is 0 Å². The van der Waals surface area contributed by atoms with Crippen LogP contribution in [0.2, 0.25) is 0 Å². The molecular weight excluding hydrogens is 286 g/mol. The number of hydrogen-bond donors (Lipinski definition) is 2. The average Bonchev–Trinajstić information content (AvgIpc) is 2.85. The second-order valence-electron chi connectivity index (χ2n) is 4.49. The van der Waals surface area contributed by atoms with E-state index in [-0.39, 0.29) is 0 Å². The Bertz CT molecular complexity index is 783. The molecule has 2 aromatic heterocycles. The van der Waals surface area contributed by atoms with Gasteiger partial charge in [-0.3, -0.25) is 0 Å². The molecule has 8 heteroatoms. The third-order valence-corrected chi connectivity index (χ3v) is 4.13. The van der Waals surface area contributed by atoms with Gasteiger partial charge < -0.3 is 16.0 Å². The molecule has 0 radical (unpaired) electrons. The zero-order valence-electron chi connectivity index (χ0n) is 11.5. The summed E-state index contributed by atoms with van der Waals surface area (Å²) < 4.78 is 1.87. The molecule has 0 bridgehead atoms. The standard InChI is InChI=1S/C13H15N7S/c1-20-11(6-14)18-19-13(20)21-7-10-16-9-5-3-2-4-8(9)12(15)17-10/h2-5H,6-7,14H2,1H3,(H2,15,16,17). The minimum atomic E-state index is 0.365. The number of rotatable bonds is 4. The second kappa shape index (κ2) is 5.66. The van der Waals surface area contributed by atoms with Gasteiger partial charge in [0.2, 0.25) is 0 Å². The molecule has 108 valence electrons. The molecule has 0 spiro atoms. The van der Waals surface area contributed by atoms with Gasteiger partial charge in [0.05, 0.1) is 17.8 Å². The highest BCUT2D eigenvalue weighted by Crippen LogP contribution is 2.22. The number of hydrogen-bond acceptors (Lipinski definition) is 7. The highest BCUT2D eigenvalue weighted by Gasteiger charge is 2.10. The maximum atomic E-state index is 5.97. The van der Waals surface area contributed by atoms with Crippen molar-refractivity contribution in [2.75, 3.05) is 5.73 Å². The number of para-hydroxylation sites is 1.